The number of hydrogen-bond donors (Lipinski definition) is 2. The summed E-state index contributed by atoms with van der Waals surface area (Å²) in [5.74, 6) is -1.68. The first-order valence-corrected chi connectivity index (χ1v) is 16.5. The molecule has 0 radical (unpaired) electrons. The smallest absolute Gasteiger partial charge is 0.251 e. The van der Waals surface area contributed by atoms with Crippen molar-refractivity contribution in [2.45, 2.75) is 38.9 Å². The van der Waals surface area contributed by atoms with Crippen LogP contribution in [0.4, 0.5) is 11.4 Å². The van der Waals surface area contributed by atoms with Crippen LogP contribution in [0.15, 0.2) is 59.1 Å². The van der Waals surface area contributed by atoms with Crippen molar-refractivity contribution >= 4 is 65.6 Å². The van der Waals surface area contributed by atoms with Crippen LogP contribution < -0.4 is 25.2 Å². The Balaban J connectivity index is 1.87. The Hall–Kier alpha value is -3.48. The van der Waals surface area contributed by atoms with Crippen LogP contribution >= 0.6 is 15.9 Å². The van der Waals surface area contributed by atoms with E-state index in [1.54, 1.807) is 31.4 Å². The molecule has 3 aromatic rings. The number of fused-ring (bicyclic) bond motifs is 2. The molecular weight excluding hydrogens is 624 g/mol. The molecular formula is C30H35BrN4O6S. The molecule has 0 saturated carbocycles. The van der Waals surface area contributed by atoms with Crippen LogP contribution in [0.5, 0.6) is 5.75 Å². The fourth-order valence-electron chi connectivity index (χ4n) is 5.21. The number of carbonyl (C=O) groups is 3. The fourth-order valence-corrected chi connectivity index (χ4v) is 6.31. The predicted octanol–water partition coefficient (Wildman–Crippen LogP) is 3.41. The average Bonchev–Trinajstić information content (AvgIpc) is 3.06. The number of ether oxygens (including phenoxy) is 1. The minimum Gasteiger partial charge on any atom is -0.496 e. The van der Waals surface area contributed by atoms with Crippen molar-refractivity contribution in [3.63, 3.8) is 0 Å². The molecule has 224 valence electrons. The molecule has 12 heteroatoms. The average molecular weight is 660 g/mol. The van der Waals surface area contributed by atoms with Gasteiger partial charge in [0.25, 0.3) is 5.91 Å². The van der Waals surface area contributed by atoms with E-state index in [1.807, 2.05) is 44.2 Å². The molecule has 0 aliphatic carbocycles. The first kappa shape index (κ1) is 31.5. The van der Waals surface area contributed by atoms with E-state index in [0.717, 1.165) is 27.1 Å². The van der Waals surface area contributed by atoms with Gasteiger partial charge in [-0.25, -0.2) is 8.42 Å². The zero-order valence-corrected chi connectivity index (χ0v) is 26.4. The molecule has 1 aliphatic rings. The Morgan fingerprint density at radius 3 is 2.40 bits per heavy atom. The molecule has 0 bridgehead atoms. The molecule has 0 aromatic heterocycles. The number of nitrogens with zero attached hydrogens (tertiary/aromatic N) is 2. The van der Waals surface area contributed by atoms with Gasteiger partial charge in [-0.15, -0.1) is 0 Å². The van der Waals surface area contributed by atoms with Crippen LogP contribution in [-0.4, -0.2) is 70.4 Å². The summed E-state index contributed by atoms with van der Waals surface area (Å²) in [7, 11) is -2.12. The van der Waals surface area contributed by atoms with Crippen LogP contribution in [0.25, 0.3) is 10.8 Å². The van der Waals surface area contributed by atoms with Crippen LogP contribution in [0, 0.1) is 0 Å². The molecule has 2 atom stereocenters. The van der Waals surface area contributed by atoms with Gasteiger partial charge in [-0.3, -0.25) is 14.4 Å². The Bertz CT molecular complexity index is 1610. The number of rotatable bonds is 10. The predicted molar refractivity (Wildman–Crippen MR) is 168 cm³/mol. The first-order chi connectivity index (χ1) is 20.0. The van der Waals surface area contributed by atoms with E-state index < -0.39 is 39.5 Å². The minimum atomic E-state index is -3.67. The number of anilines is 2. The maximum atomic E-state index is 14.4. The Morgan fingerprint density at radius 1 is 1.05 bits per heavy atom. The van der Waals surface area contributed by atoms with Gasteiger partial charge in [-0.05, 0) is 54.1 Å². The topological polar surface area (TPSA) is 125 Å². The van der Waals surface area contributed by atoms with E-state index in [1.165, 1.54) is 9.80 Å². The number of methoxy groups -OCH3 is 1. The number of likely N-dealkylation sites (N-methyl/N-ethyl adjacent to an activating group) is 1. The highest BCUT2D eigenvalue weighted by Gasteiger charge is 2.38. The van der Waals surface area contributed by atoms with Crippen molar-refractivity contribution in [1.82, 2.24) is 10.6 Å². The number of carbonyl (C=O) groups excluding carboxylic acids is 3. The van der Waals surface area contributed by atoms with Crippen LogP contribution in [0.1, 0.15) is 25.8 Å². The second-order valence-corrected chi connectivity index (χ2v) is 13.1. The molecule has 3 amide bonds. The lowest BCUT2D eigenvalue weighted by atomic mass is 10.0. The summed E-state index contributed by atoms with van der Waals surface area (Å²) >= 11 is 3.60. The van der Waals surface area contributed by atoms with Gasteiger partial charge in [0.1, 0.15) is 17.5 Å². The number of nitrogens with one attached hydrogen (secondary N) is 2. The monoisotopic (exact) mass is 658 g/mol. The molecule has 4 rings (SSSR count). The summed E-state index contributed by atoms with van der Waals surface area (Å²) in [6, 6.07) is 14.7. The molecule has 1 heterocycles. The second-order valence-electron chi connectivity index (χ2n) is 10.1. The van der Waals surface area contributed by atoms with Crippen LogP contribution in [0.3, 0.4) is 0 Å². The summed E-state index contributed by atoms with van der Waals surface area (Å²) in [4.78, 5) is 43.8. The molecule has 2 N–H and O–H groups in total. The highest BCUT2D eigenvalue weighted by atomic mass is 79.9. The number of hydrogen-bond acceptors (Lipinski definition) is 7. The summed E-state index contributed by atoms with van der Waals surface area (Å²) in [6.07, 6.45) is 1.47. The van der Waals surface area contributed by atoms with Gasteiger partial charge < -0.3 is 25.2 Å². The van der Waals surface area contributed by atoms with Gasteiger partial charge in [0.15, 0.2) is 9.84 Å². The lowest BCUT2D eigenvalue weighted by Gasteiger charge is -2.28. The quantitative estimate of drug-likeness (QED) is 0.342. The first-order valence-electron chi connectivity index (χ1n) is 13.6. The summed E-state index contributed by atoms with van der Waals surface area (Å²) in [5, 5.41) is 7.74. The highest BCUT2D eigenvalue weighted by Crippen LogP contribution is 2.38. The van der Waals surface area contributed by atoms with E-state index in [-0.39, 0.29) is 19.0 Å². The molecule has 0 spiro atoms. The van der Waals surface area contributed by atoms with Crippen LogP contribution in [0.2, 0.25) is 0 Å². The van der Waals surface area contributed by atoms with Crippen molar-refractivity contribution in [2.75, 3.05) is 42.0 Å². The molecule has 10 nitrogen and oxygen atoms in total. The van der Waals surface area contributed by atoms with Gasteiger partial charge in [0, 0.05) is 16.3 Å². The lowest BCUT2D eigenvalue weighted by molar-refractivity contribution is -0.129. The number of halogens is 1. The third-order valence-electron chi connectivity index (χ3n) is 7.18. The van der Waals surface area contributed by atoms with Crippen molar-refractivity contribution in [2.24, 2.45) is 0 Å². The number of benzene rings is 3. The van der Waals surface area contributed by atoms with Crippen molar-refractivity contribution in [3.05, 3.63) is 64.6 Å². The zero-order valence-electron chi connectivity index (χ0n) is 24.0. The molecule has 2 unspecified atom stereocenters. The van der Waals surface area contributed by atoms with Gasteiger partial charge in [-0.1, -0.05) is 54.0 Å². The normalized spacial score (nSPS) is 16.1. The van der Waals surface area contributed by atoms with E-state index in [4.69, 9.17) is 4.74 Å². The van der Waals surface area contributed by atoms with E-state index in [2.05, 4.69) is 26.6 Å². The lowest BCUT2D eigenvalue weighted by Crippen LogP contribution is -2.56. The maximum Gasteiger partial charge on any atom is 0.251 e. The Labute approximate surface area is 254 Å². The maximum absolute atomic E-state index is 14.4. The van der Waals surface area contributed by atoms with Crippen LogP contribution in [-0.2, 0) is 30.8 Å². The number of amides is 3. The summed E-state index contributed by atoms with van der Waals surface area (Å²) in [5.41, 5.74) is 1.52. The van der Waals surface area contributed by atoms with E-state index >= 15 is 0 Å². The summed E-state index contributed by atoms with van der Waals surface area (Å²) in [6.45, 7) is 4.13. The van der Waals surface area contributed by atoms with Crippen molar-refractivity contribution < 1.29 is 27.5 Å². The molecule has 1 aliphatic heterocycles. The highest BCUT2D eigenvalue weighted by molar-refractivity contribution is 9.10. The molecule has 0 saturated heterocycles. The Morgan fingerprint density at radius 2 is 1.76 bits per heavy atom. The number of para-hydroxylation sites is 2. The van der Waals surface area contributed by atoms with Gasteiger partial charge >= 0.3 is 0 Å². The van der Waals surface area contributed by atoms with Gasteiger partial charge in [0.2, 0.25) is 11.8 Å². The van der Waals surface area contributed by atoms with Crippen molar-refractivity contribution in [1.29, 1.82) is 0 Å². The van der Waals surface area contributed by atoms with E-state index in [0.29, 0.717) is 30.1 Å². The van der Waals surface area contributed by atoms with Crippen molar-refractivity contribution in [3.8, 4) is 5.75 Å². The summed E-state index contributed by atoms with van der Waals surface area (Å²) < 4.78 is 30.8. The molecule has 42 heavy (non-hydrogen) atoms. The second kappa shape index (κ2) is 13.2. The zero-order chi connectivity index (χ0) is 30.6. The minimum absolute atomic E-state index is 0.0672. The fraction of sp³-hybridized carbons (Fsp3) is 0.367. The van der Waals surface area contributed by atoms with E-state index in [9.17, 15) is 22.8 Å². The standard InChI is InChI=1S/C30H35BrN4O6S/c1-5-23(32-6-2)29(37)33-24-17-34(28(36)18-42(4,39)40)25-12-7-8-13-26(25)35(30(24)38)16-21-19-10-9-11-22(31)20(19)14-15-27(21)41-3/h7-15,23-24,32H,5-6,16-18H2,1-4H3,(H,33,37). The third kappa shape index (κ3) is 6.77. The Kier molecular flexibility index (Phi) is 9.90. The third-order valence-corrected chi connectivity index (χ3v) is 8.65. The van der Waals surface area contributed by atoms with Gasteiger partial charge in [0.05, 0.1) is 37.6 Å². The number of sulfone groups is 1. The SMILES string of the molecule is CCNC(CC)C(=O)NC1CN(C(=O)CS(C)(=O)=O)c2ccccc2N(Cc2c(OC)ccc3c(Br)cccc23)C1=O. The van der Waals surface area contributed by atoms with Gasteiger partial charge in [-0.2, -0.15) is 0 Å². The molecule has 3 aromatic carbocycles. The molecule has 0 fully saturated rings. The largest absolute Gasteiger partial charge is 0.496 e.